The normalized spacial score (nSPS) is 25.3. The monoisotopic (exact) mass is 428 g/mol. The summed E-state index contributed by atoms with van der Waals surface area (Å²) in [6.07, 6.45) is 5.85. The number of halogens is 2. The van der Waals surface area contributed by atoms with Crippen molar-refractivity contribution in [1.82, 2.24) is 0 Å². The third-order valence-electron chi connectivity index (χ3n) is 6.51. The Morgan fingerprint density at radius 3 is 2.59 bits per heavy atom. The molecule has 5 atom stereocenters. The SMILES string of the molecule is Cc1cc(F)c(Cl)cc1C(O)CC[C@@H]1[C@@H](CCCCCCC(=O)O)[C@@H](C)C[C@H]1O. The molecular formula is C23H34ClFO4. The number of rotatable bonds is 11. The summed E-state index contributed by atoms with van der Waals surface area (Å²) < 4.78 is 13.6. The van der Waals surface area contributed by atoms with E-state index in [4.69, 9.17) is 16.7 Å². The number of carboxylic acids is 1. The molecule has 0 heterocycles. The molecule has 2 rings (SSSR count). The first-order chi connectivity index (χ1) is 13.7. The van der Waals surface area contributed by atoms with Crippen molar-refractivity contribution in [2.75, 3.05) is 0 Å². The van der Waals surface area contributed by atoms with Gasteiger partial charge in [0.05, 0.1) is 17.2 Å². The smallest absolute Gasteiger partial charge is 0.303 e. The lowest BCUT2D eigenvalue weighted by Gasteiger charge is -2.25. The van der Waals surface area contributed by atoms with Crippen molar-refractivity contribution in [2.24, 2.45) is 17.8 Å². The summed E-state index contributed by atoms with van der Waals surface area (Å²) in [5.74, 6) is -0.227. The van der Waals surface area contributed by atoms with Gasteiger partial charge in [0, 0.05) is 6.42 Å². The minimum Gasteiger partial charge on any atom is -0.481 e. The van der Waals surface area contributed by atoms with Gasteiger partial charge in [-0.25, -0.2) is 4.39 Å². The molecule has 1 aromatic carbocycles. The van der Waals surface area contributed by atoms with Crippen LogP contribution < -0.4 is 0 Å². The molecule has 29 heavy (non-hydrogen) atoms. The second kappa shape index (κ2) is 11.3. The Bertz CT molecular complexity index is 681. The van der Waals surface area contributed by atoms with Gasteiger partial charge in [0.1, 0.15) is 5.82 Å². The van der Waals surface area contributed by atoms with Gasteiger partial charge in [0.15, 0.2) is 0 Å². The number of aliphatic hydroxyl groups is 2. The zero-order chi connectivity index (χ0) is 21.6. The largest absolute Gasteiger partial charge is 0.481 e. The second-order valence-corrected chi connectivity index (χ2v) is 9.08. The van der Waals surface area contributed by atoms with Crippen molar-refractivity contribution in [3.8, 4) is 0 Å². The van der Waals surface area contributed by atoms with Crippen LogP contribution in [-0.4, -0.2) is 27.4 Å². The van der Waals surface area contributed by atoms with Crippen molar-refractivity contribution in [2.45, 2.75) is 83.8 Å². The Hall–Kier alpha value is -1.17. The van der Waals surface area contributed by atoms with Crippen LogP contribution in [0.25, 0.3) is 0 Å². The molecule has 1 aliphatic rings. The summed E-state index contributed by atoms with van der Waals surface area (Å²) in [7, 11) is 0. The lowest BCUT2D eigenvalue weighted by molar-refractivity contribution is -0.137. The first kappa shape index (κ1) is 24.1. The van der Waals surface area contributed by atoms with E-state index in [0.717, 1.165) is 32.1 Å². The standard InChI is InChI=1S/C23H34ClFO4/c1-14-11-20(25)19(24)13-18(14)21(26)10-9-17-16(15(2)12-22(17)27)7-5-3-4-6-8-23(28)29/h11,13,15-17,21-22,26-27H,3-10,12H2,1-2H3,(H,28,29)/t15-,16-,17+,21?,22+/m0/s1. The number of hydrogen-bond acceptors (Lipinski definition) is 3. The first-order valence-corrected chi connectivity index (χ1v) is 11.1. The number of aryl methyl sites for hydroxylation is 1. The van der Waals surface area contributed by atoms with Crippen LogP contribution in [0.3, 0.4) is 0 Å². The van der Waals surface area contributed by atoms with Gasteiger partial charge in [-0.05, 0) is 80.0 Å². The molecule has 0 aliphatic heterocycles. The average molecular weight is 429 g/mol. The Morgan fingerprint density at radius 2 is 1.90 bits per heavy atom. The van der Waals surface area contributed by atoms with Gasteiger partial charge >= 0.3 is 5.97 Å². The van der Waals surface area contributed by atoms with E-state index in [0.29, 0.717) is 42.2 Å². The number of aliphatic hydroxyl groups excluding tert-OH is 2. The number of benzene rings is 1. The molecule has 0 aromatic heterocycles. The molecule has 1 aromatic rings. The van der Waals surface area contributed by atoms with Gasteiger partial charge in [-0.1, -0.05) is 37.8 Å². The predicted octanol–water partition coefficient (Wildman–Crippen LogP) is 5.66. The number of carbonyl (C=O) groups is 1. The minimum absolute atomic E-state index is 0.0138. The molecule has 1 fully saturated rings. The second-order valence-electron chi connectivity index (χ2n) is 8.67. The Morgan fingerprint density at radius 1 is 1.21 bits per heavy atom. The van der Waals surface area contributed by atoms with Crippen molar-refractivity contribution in [1.29, 1.82) is 0 Å². The fourth-order valence-corrected chi connectivity index (χ4v) is 5.05. The maximum Gasteiger partial charge on any atom is 0.303 e. The molecular weight excluding hydrogens is 395 g/mol. The van der Waals surface area contributed by atoms with Crippen LogP contribution in [0.15, 0.2) is 12.1 Å². The molecule has 0 amide bonds. The van der Waals surface area contributed by atoms with E-state index < -0.39 is 17.9 Å². The fraction of sp³-hybridized carbons (Fsp3) is 0.696. The summed E-state index contributed by atoms with van der Waals surface area (Å²) in [6.45, 7) is 3.94. The molecule has 3 N–H and O–H groups in total. The lowest BCUT2D eigenvalue weighted by atomic mass is 9.82. The van der Waals surface area contributed by atoms with E-state index >= 15 is 0 Å². The molecule has 6 heteroatoms. The molecule has 4 nitrogen and oxygen atoms in total. The van der Waals surface area contributed by atoms with Crippen LogP contribution >= 0.6 is 11.6 Å². The molecule has 0 spiro atoms. The zero-order valence-corrected chi connectivity index (χ0v) is 18.2. The topological polar surface area (TPSA) is 77.8 Å². The lowest BCUT2D eigenvalue weighted by Crippen LogP contribution is -2.21. The predicted molar refractivity (Wildman–Crippen MR) is 112 cm³/mol. The molecule has 1 saturated carbocycles. The molecule has 1 aliphatic carbocycles. The van der Waals surface area contributed by atoms with Crippen molar-refractivity contribution >= 4 is 17.6 Å². The van der Waals surface area contributed by atoms with Gasteiger partial charge < -0.3 is 15.3 Å². The van der Waals surface area contributed by atoms with Gasteiger partial charge in [-0.3, -0.25) is 4.79 Å². The maximum atomic E-state index is 13.6. The third-order valence-corrected chi connectivity index (χ3v) is 6.80. The van der Waals surface area contributed by atoms with Crippen LogP contribution in [0.4, 0.5) is 4.39 Å². The summed E-state index contributed by atoms with van der Waals surface area (Å²) >= 11 is 5.87. The van der Waals surface area contributed by atoms with Crippen LogP contribution in [0.5, 0.6) is 0 Å². The van der Waals surface area contributed by atoms with E-state index in [2.05, 4.69) is 6.92 Å². The highest BCUT2D eigenvalue weighted by Crippen LogP contribution is 2.43. The summed E-state index contributed by atoms with van der Waals surface area (Å²) in [6, 6.07) is 2.85. The molecule has 0 bridgehead atoms. The molecule has 0 radical (unpaired) electrons. The van der Waals surface area contributed by atoms with E-state index in [1.54, 1.807) is 6.92 Å². The van der Waals surface area contributed by atoms with Crippen LogP contribution in [0.1, 0.15) is 81.9 Å². The van der Waals surface area contributed by atoms with Gasteiger partial charge in [0.25, 0.3) is 0 Å². The zero-order valence-electron chi connectivity index (χ0n) is 17.4. The Balaban J connectivity index is 1.87. The van der Waals surface area contributed by atoms with E-state index in [-0.39, 0.29) is 23.5 Å². The molecule has 0 saturated heterocycles. The Kier molecular flexibility index (Phi) is 9.38. The highest BCUT2D eigenvalue weighted by atomic mass is 35.5. The van der Waals surface area contributed by atoms with Crippen molar-refractivity contribution < 1.29 is 24.5 Å². The van der Waals surface area contributed by atoms with Crippen LogP contribution in [0, 0.1) is 30.5 Å². The number of hydrogen-bond donors (Lipinski definition) is 3. The van der Waals surface area contributed by atoms with E-state index in [9.17, 15) is 19.4 Å². The number of unbranched alkanes of at least 4 members (excludes halogenated alkanes) is 3. The van der Waals surface area contributed by atoms with Crippen molar-refractivity contribution in [3.05, 3.63) is 34.1 Å². The first-order valence-electron chi connectivity index (χ1n) is 10.7. The molecule has 164 valence electrons. The highest BCUT2D eigenvalue weighted by molar-refractivity contribution is 6.30. The molecule has 1 unspecified atom stereocenters. The van der Waals surface area contributed by atoms with Gasteiger partial charge in [0.2, 0.25) is 0 Å². The average Bonchev–Trinajstić information content (AvgIpc) is 2.91. The van der Waals surface area contributed by atoms with E-state index in [1.165, 1.54) is 12.1 Å². The summed E-state index contributed by atoms with van der Waals surface area (Å²) in [5, 5.41) is 29.9. The summed E-state index contributed by atoms with van der Waals surface area (Å²) in [5.41, 5.74) is 1.32. The quantitative estimate of drug-likeness (QED) is 0.397. The van der Waals surface area contributed by atoms with Gasteiger partial charge in [-0.2, -0.15) is 0 Å². The van der Waals surface area contributed by atoms with Crippen LogP contribution in [-0.2, 0) is 4.79 Å². The van der Waals surface area contributed by atoms with Crippen molar-refractivity contribution in [3.63, 3.8) is 0 Å². The number of carboxylic acid groups (broad SMARTS) is 1. The third kappa shape index (κ3) is 6.94. The van der Waals surface area contributed by atoms with Gasteiger partial charge in [-0.15, -0.1) is 0 Å². The highest BCUT2D eigenvalue weighted by Gasteiger charge is 2.39. The number of aliphatic carboxylic acids is 1. The maximum absolute atomic E-state index is 13.6. The summed E-state index contributed by atoms with van der Waals surface area (Å²) in [4.78, 5) is 10.6. The minimum atomic E-state index is -0.742. The van der Waals surface area contributed by atoms with E-state index in [1.807, 2.05) is 0 Å². The Labute approximate surface area is 178 Å². The fourth-order valence-electron chi connectivity index (χ4n) is 4.88. The van der Waals surface area contributed by atoms with Crippen LogP contribution in [0.2, 0.25) is 5.02 Å².